The van der Waals surface area contributed by atoms with Crippen molar-refractivity contribution in [2.45, 2.75) is 26.2 Å². The number of hydrogen-bond acceptors (Lipinski definition) is 3. The summed E-state index contributed by atoms with van der Waals surface area (Å²) in [6.07, 6.45) is 3.19. The molecule has 1 amide bonds. The number of nitrogens with one attached hydrogen (secondary N) is 1. The number of carbonyl (C=O) groups is 1. The Balaban J connectivity index is 1.97. The van der Waals surface area contributed by atoms with Gasteiger partial charge in [-0.2, -0.15) is 5.10 Å². The molecule has 2 aromatic rings. The van der Waals surface area contributed by atoms with Gasteiger partial charge in [0.2, 0.25) is 0 Å². The van der Waals surface area contributed by atoms with Crippen molar-refractivity contribution in [3.05, 3.63) is 65.5 Å². The van der Waals surface area contributed by atoms with E-state index in [1.807, 2.05) is 12.1 Å². The van der Waals surface area contributed by atoms with Crippen molar-refractivity contribution in [1.29, 1.82) is 0 Å². The zero-order valence-electron chi connectivity index (χ0n) is 12.5. The van der Waals surface area contributed by atoms with E-state index in [4.69, 9.17) is 0 Å². The number of nitrogens with zero attached hydrogens (tertiary/aromatic N) is 2. The van der Waals surface area contributed by atoms with E-state index >= 15 is 0 Å². The highest BCUT2D eigenvalue weighted by Gasteiger charge is 2.12. The minimum Gasteiger partial charge on any atom is -0.266 e. The fourth-order valence-electron chi connectivity index (χ4n) is 1.79. The van der Waals surface area contributed by atoms with Crippen LogP contribution in [0, 0.1) is 0 Å². The molecule has 21 heavy (non-hydrogen) atoms. The molecular weight excluding hydrogens is 262 g/mol. The van der Waals surface area contributed by atoms with E-state index in [0.29, 0.717) is 5.69 Å². The first-order chi connectivity index (χ1) is 9.97. The van der Waals surface area contributed by atoms with Gasteiger partial charge in [0.25, 0.3) is 5.91 Å². The van der Waals surface area contributed by atoms with E-state index in [9.17, 15) is 4.79 Å². The van der Waals surface area contributed by atoms with Crippen LogP contribution in [0.1, 0.15) is 42.4 Å². The summed E-state index contributed by atoms with van der Waals surface area (Å²) in [6, 6.07) is 13.3. The molecule has 0 spiro atoms. The van der Waals surface area contributed by atoms with Crippen molar-refractivity contribution in [3.63, 3.8) is 0 Å². The Hall–Kier alpha value is -2.49. The second-order valence-electron chi connectivity index (χ2n) is 5.79. The van der Waals surface area contributed by atoms with Crippen LogP contribution in [-0.2, 0) is 5.41 Å². The molecule has 0 unspecified atom stereocenters. The lowest BCUT2D eigenvalue weighted by atomic mass is 9.87. The molecule has 0 atom stereocenters. The number of benzene rings is 1. The average molecular weight is 281 g/mol. The van der Waals surface area contributed by atoms with Crippen LogP contribution in [0.3, 0.4) is 0 Å². The molecule has 0 aliphatic rings. The number of rotatable bonds is 3. The standard InChI is InChI=1S/C17H19N3O/c1-17(2,3)14-9-7-13(8-10-14)12-19-20-16(21)15-6-4-5-11-18-15/h4-12H,1-3H3,(H,20,21)/b19-12-. The third-order valence-electron chi connectivity index (χ3n) is 3.05. The van der Waals surface area contributed by atoms with Crippen LogP contribution >= 0.6 is 0 Å². The maximum atomic E-state index is 11.7. The van der Waals surface area contributed by atoms with Crippen molar-refractivity contribution in [1.82, 2.24) is 10.4 Å². The van der Waals surface area contributed by atoms with Gasteiger partial charge in [0, 0.05) is 6.20 Å². The predicted molar refractivity (Wildman–Crippen MR) is 84.4 cm³/mol. The van der Waals surface area contributed by atoms with Crippen molar-refractivity contribution >= 4 is 12.1 Å². The highest BCUT2D eigenvalue weighted by Crippen LogP contribution is 2.21. The van der Waals surface area contributed by atoms with Gasteiger partial charge < -0.3 is 0 Å². The Morgan fingerprint density at radius 3 is 2.43 bits per heavy atom. The van der Waals surface area contributed by atoms with Crippen molar-refractivity contribution in [3.8, 4) is 0 Å². The molecule has 1 aromatic heterocycles. The molecule has 108 valence electrons. The van der Waals surface area contributed by atoms with Gasteiger partial charge in [0.15, 0.2) is 0 Å². The molecule has 0 radical (unpaired) electrons. The van der Waals surface area contributed by atoms with Crippen LogP contribution in [0.4, 0.5) is 0 Å². The minimum atomic E-state index is -0.321. The molecule has 1 aromatic carbocycles. The summed E-state index contributed by atoms with van der Waals surface area (Å²) in [4.78, 5) is 15.7. The Morgan fingerprint density at radius 2 is 1.86 bits per heavy atom. The molecule has 4 nitrogen and oxygen atoms in total. The zero-order valence-corrected chi connectivity index (χ0v) is 12.5. The van der Waals surface area contributed by atoms with Crippen molar-refractivity contribution in [2.24, 2.45) is 5.10 Å². The van der Waals surface area contributed by atoms with Gasteiger partial charge in [-0.05, 0) is 28.7 Å². The van der Waals surface area contributed by atoms with E-state index < -0.39 is 0 Å². The van der Waals surface area contributed by atoms with E-state index in [1.165, 1.54) is 5.56 Å². The number of amides is 1. The summed E-state index contributed by atoms with van der Waals surface area (Å²) < 4.78 is 0. The normalized spacial score (nSPS) is 11.6. The summed E-state index contributed by atoms with van der Waals surface area (Å²) in [5.74, 6) is -0.321. The molecule has 2 rings (SSSR count). The monoisotopic (exact) mass is 281 g/mol. The number of pyridine rings is 1. The van der Waals surface area contributed by atoms with Crippen LogP contribution < -0.4 is 5.43 Å². The lowest BCUT2D eigenvalue weighted by molar-refractivity contribution is 0.0950. The second-order valence-corrected chi connectivity index (χ2v) is 5.79. The molecular formula is C17H19N3O. The molecule has 0 bridgehead atoms. The zero-order chi connectivity index (χ0) is 15.3. The third kappa shape index (κ3) is 4.24. The van der Waals surface area contributed by atoms with Gasteiger partial charge in [-0.25, -0.2) is 5.43 Å². The van der Waals surface area contributed by atoms with Gasteiger partial charge in [0.05, 0.1) is 6.21 Å². The van der Waals surface area contributed by atoms with E-state index in [0.717, 1.165) is 5.56 Å². The summed E-state index contributed by atoms with van der Waals surface area (Å²) in [6.45, 7) is 6.51. The Kier molecular flexibility index (Phi) is 4.48. The molecule has 0 saturated heterocycles. The van der Waals surface area contributed by atoms with E-state index in [-0.39, 0.29) is 11.3 Å². The number of hydrazone groups is 1. The highest BCUT2D eigenvalue weighted by atomic mass is 16.2. The highest BCUT2D eigenvalue weighted by molar-refractivity contribution is 5.93. The fourth-order valence-corrected chi connectivity index (χ4v) is 1.79. The SMILES string of the molecule is CC(C)(C)c1ccc(/C=N\NC(=O)c2ccccn2)cc1. The number of hydrogen-bond donors (Lipinski definition) is 1. The molecule has 0 fully saturated rings. The Morgan fingerprint density at radius 1 is 1.14 bits per heavy atom. The first-order valence-electron chi connectivity index (χ1n) is 6.82. The molecule has 1 N–H and O–H groups in total. The third-order valence-corrected chi connectivity index (χ3v) is 3.05. The van der Waals surface area contributed by atoms with Crippen LogP contribution in [0.2, 0.25) is 0 Å². The van der Waals surface area contributed by atoms with E-state index in [2.05, 4.69) is 48.4 Å². The van der Waals surface area contributed by atoms with Crippen molar-refractivity contribution in [2.75, 3.05) is 0 Å². The lowest BCUT2D eigenvalue weighted by Gasteiger charge is -2.18. The Labute approximate surface area is 124 Å². The molecule has 0 aliphatic heterocycles. The summed E-state index contributed by atoms with van der Waals surface area (Å²) in [5, 5.41) is 3.95. The molecule has 4 heteroatoms. The van der Waals surface area contributed by atoms with Gasteiger partial charge >= 0.3 is 0 Å². The summed E-state index contributed by atoms with van der Waals surface area (Å²) in [5.41, 5.74) is 5.13. The molecule has 1 heterocycles. The molecule has 0 saturated carbocycles. The van der Waals surface area contributed by atoms with Crippen LogP contribution in [0.15, 0.2) is 53.8 Å². The van der Waals surface area contributed by atoms with Crippen LogP contribution in [-0.4, -0.2) is 17.1 Å². The maximum absolute atomic E-state index is 11.7. The van der Waals surface area contributed by atoms with Gasteiger partial charge in [-0.1, -0.05) is 51.1 Å². The fraction of sp³-hybridized carbons (Fsp3) is 0.235. The first kappa shape index (κ1) is 14.9. The summed E-state index contributed by atoms with van der Waals surface area (Å²) >= 11 is 0. The van der Waals surface area contributed by atoms with Crippen LogP contribution in [0.5, 0.6) is 0 Å². The quantitative estimate of drug-likeness (QED) is 0.694. The summed E-state index contributed by atoms with van der Waals surface area (Å²) in [7, 11) is 0. The maximum Gasteiger partial charge on any atom is 0.289 e. The number of carbonyl (C=O) groups excluding carboxylic acids is 1. The van der Waals surface area contributed by atoms with Crippen molar-refractivity contribution < 1.29 is 4.79 Å². The van der Waals surface area contributed by atoms with Gasteiger partial charge in [-0.15, -0.1) is 0 Å². The van der Waals surface area contributed by atoms with Gasteiger partial charge in [-0.3, -0.25) is 9.78 Å². The Bertz CT molecular complexity index is 625. The average Bonchev–Trinajstić information content (AvgIpc) is 2.47. The van der Waals surface area contributed by atoms with Crippen LogP contribution in [0.25, 0.3) is 0 Å². The smallest absolute Gasteiger partial charge is 0.266 e. The molecule has 0 aliphatic carbocycles. The first-order valence-corrected chi connectivity index (χ1v) is 6.82. The topological polar surface area (TPSA) is 54.4 Å². The van der Waals surface area contributed by atoms with E-state index in [1.54, 1.807) is 30.6 Å². The lowest BCUT2D eigenvalue weighted by Crippen LogP contribution is -2.18. The minimum absolute atomic E-state index is 0.128. The second kappa shape index (κ2) is 6.31. The predicted octanol–water partition coefficient (Wildman–Crippen LogP) is 3.14. The van der Waals surface area contributed by atoms with Gasteiger partial charge in [0.1, 0.15) is 5.69 Å². The number of aromatic nitrogens is 1. The largest absolute Gasteiger partial charge is 0.289 e.